The fourth-order valence-corrected chi connectivity index (χ4v) is 7.71. The Kier molecular flexibility index (Phi) is 3.56. The number of hydrogen-bond acceptors (Lipinski definition) is 2. The first kappa shape index (κ1) is 15.8. The van der Waals surface area contributed by atoms with Gasteiger partial charge in [-0.3, -0.25) is 9.59 Å². The van der Waals surface area contributed by atoms with Crippen LogP contribution in [0, 0.1) is 40.4 Å². The number of Topliss-reactive ketones (excluding diaryl/α,β-unsaturated/α-hetero) is 2. The molecular weight excluding hydrogens is 284 g/mol. The fourth-order valence-electron chi connectivity index (χ4n) is 7.71. The van der Waals surface area contributed by atoms with Crippen molar-refractivity contribution in [3.8, 4) is 0 Å². The molecule has 0 N–H and O–H groups in total. The van der Waals surface area contributed by atoms with Crippen molar-refractivity contribution in [3.05, 3.63) is 0 Å². The molecule has 4 fully saturated rings. The third-order valence-electron chi connectivity index (χ3n) is 8.97. The van der Waals surface area contributed by atoms with E-state index in [1.165, 1.54) is 32.1 Å². The first-order valence-electron chi connectivity index (χ1n) is 9.88. The summed E-state index contributed by atoms with van der Waals surface area (Å²) >= 11 is 0. The van der Waals surface area contributed by atoms with Crippen LogP contribution in [0.5, 0.6) is 0 Å². The Balaban J connectivity index is 1.63. The molecule has 2 heteroatoms. The lowest BCUT2D eigenvalue weighted by molar-refractivity contribution is -0.143. The molecule has 4 rings (SSSR count). The molecule has 0 aromatic rings. The van der Waals surface area contributed by atoms with Gasteiger partial charge < -0.3 is 0 Å². The smallest absolute Gasteiger partial charge is 0.133 e. The summed E-state index contributed by atoms with van der Waals surface area (Å²) in [7, 11) is 0. The van der Waals surface area contributed by atoms with Gasteiger partial charge in [-0.1, -0.05) is 13.8 Å². The standard InChI is InChI=1S/C21H32O2/c1-13(22)17-6-7-18-16-5-4-14-12-15(23)8-10-20(14,2)19(16)9-11-21(17,18)3/h14,16-19H,4-12H2,1-3H3/t14?,16?,17-,18?,19?,20+,21-/m1/s1. The molecule has 2 nitrogen and oxygen atoms in total. The maximum atomic E-state index is 12.2. The molecule has 4 unspecified atom stereocenters. The Morgan fingerprint density at radius 2 is 1.70 bits per heavy atom. The van der Waals surface area contributed by atoms with Crippen LogP contribution in [0.2, 0.25) is 0 Å². The molecule has 0 amide bonds. The molecule has 4 saturated carbocycles. The van der Waals surface area contributed by atoms with E-state index in [0.717, 1.165) is 43.4 Å². The molecule has 7 atom stereocenters. The van der Waals surface area contributed by atoms with E-state index < -0.39 is 0 Å². The van der Waals surface area contributed by atoms with E-state index in [1.54, 1.807) is 0 Å². The van der Waals surface area contributed by atoms with Gasteiger partial charge in [0.25, 0.3) is 0 Å². The summed E-state index contributed by atoms with van der Waals surface area (Å²) in [6.45, 7) is 6.74. The summed E-state index contributed by atoms with van der Waals surface area (Å²) in [5.74, 6) is 4.25. The van der Waals surface area contributed by atoms with Gasteiger partial charge in [0.15, 0.2) is 0 Å². The second-order valence-corrected chi connectivity index (χ2v) is 9.68. The first-order chi connectivity index (χ1) is 10.9. The van der Waals surface area contributed by atoms with Crippen molar-refractivity contribution in [2.75, 3.05) is 0 Å². The van der Waals surface area contributed by atoms with Gasteiger partial charge >= 0.3 is 0 Å². The Labute approximate surface area is 140 Å². The van der Waals surface area contributed by atoms with E-state index in [1.807, 2.05) is 6.92 Å². The number of ketones is 2. The molecule has 0 bridgehead atoms. The van der Waals surface area contributed by atoms with Crippen LogP contribution in [0.15, 0.2) is 0 Å². The highest BCUT2D eigenvalue weighted by molar-refractivity contribution is 5.80. The topological polar surface area (TPSA) is 34.1 Å². The van der Waals surface area contributed by atoms with E-state index in [-0.39, 0.29) is 5.41 Å². The van der Waals surface area contributed by atoms with Crippen LogP contribution >= 0.6 is 0 Å². The predicted octanol–water partition coefficient (Wildman–Crippen LogP) is 4.80. The molecule has 0 aromatic carbocycles. The average molecular weight is 316 g/mol. The molecule has 0 heterocycles. The average Bonchev–Trinajstić information content (AvgIpc) is 2.85. The Morgan fingerprint density at radius 3 is 2.43 bits per heavy atom. The van der Waals surface area contributed by atoms with Gasteiger partial charge in [0, 0.05) is 18.8 Å². The van der Waals surface area contributed by atoms with Crippen LogP contribution in [-0.2, 0) is 9.59 Å². The fraction of sp³-hybridized carbons (Fsp3) is 0.905. The quantitative estimate of drug-likeness (QED) is 0.696. The summed E-state index contributed by atoms with van der Waals surface area (Å²) in [6, 6.07) is 0. The second kappa shape index (κ2) is 5.17. The zero-order valence-corrected chi connectivity index (χ0v) is 15.1. The van der Waals surface area contributed by atoms with Crippen LogP contribution in [0.1, 0.15) is 78.6 Å². The van der Waals surface area contributed by atoms with Crippen LogP contribution < -0.4 is 0 Å². The van der Waals surface area contributed by atoms with Crippen LogP contribution in [0.25, 0.3) is 0 Å². The molecule has 23 heavy (non-hydrogen) atoms. The van der Waals surface area contributed by atoms with Crippen molar-refractivity contribution >= 4 is 11.6 Å². The predicted molar refractivity (Wildman–Crippen MR) is 90.9 cm³/mol. The largest absolute Gasteiger partial charge is 0.300 e. The Hall–Kier alpha value is -0.660. The van der Waals surface area contributed by atoms with E-state index in [2.05, 4.69) is 13.8 Å². The highest BCUT2D eigenvalue weighted by Crippen LogP contribution is 2.67. The minimum Gasteiger partial charge on any atom is -0.300 e. The van der Waals surface area contributed by atoms with E-state index in [9.17, 15) is 9.59 Å². The number of carbonyl (C=O) groups excluding carboxylic acids is 2. The first-order valence-corrected chi connectivity index (χ1v) is 9.88. The molecule has 0 spiro atoms. The van der Waals surface area contributed by atoms with Crippen molar-refractivity contribution in [1.82, 2.24) is 0 Å². The van der Waals surface area contributed by atoms with Crippen molar-refractivity contribution in [1.29, 1.82) is 0 Å². The van der Waals surface area contributed by atoms with Gasteiger partial charge in [0.05, 0.1) is 0 Å². The lowest BCUT2D eigenvalue weighted by atomic mass is 9.44. The molecular formula is C21H32O2. The summed E-state index contributed by atoms with van der Waals surface area (Å²) in [4.78, 5) is 24.1. The summed E-state index contributed by atoms with van der Waals surface area (Å²) in [6.07, 6.45) is 10.3. The summed E-state index contributed by atoms with van der Waals surface area (Å²) in [5, 5.41) is 0. The zero-order valence-electron chi connectivity index (χ0n) is 15.1. The van der Waals surface area contributed by atoms with Gasteiger partial charge in [0.1, 0.15) is 11.6 Å². The highest BCUT2D eigenvalue weighted by atomic mass is 16.1. The van der Waals surface area contributed by atoms with Crippen LogP contribution in [0.4, 0.5) is 0 Å². The highest BCUT2D eigenvalue weighted by Gasteiger charge is 2.60. The molecule has 128 valence electrons. The summed E-state index contributed by atoms with van der Waals surface area (Å²) in [5.41, 5.74) is 0.660. The molecule has 0 aliphatic heterocycles. The maximum Gasteiger partial charge on any atom is 0.133 e. The lowest BCUT2D eigenvalue weighted by Crippen LogP contribution is -2.53. The number of hydrogen-bond donors (Lipinski definition) is 0. The molecule has 0 aromatic heterocycles. The maximum absolute atomic E-state index is 12.2. The van der Waals surface area contributed by atoms with Crippen molar-refractivity contribution in [2.45, 2.75) is 78.6 Å². The van der Waals surface area contributed by atoms with Gasteiger partial charge in [-0.05, 0) is 86.4 Å². The Bertz CT molecular complexity index is 538. The molecule has 0 radical (unpaired) electrons. The van der Waals surface area contributed by atoms with Crippen molar-refractivity contribution in [2.24, 2.45) is 40.4 Å². The van der Waals surface area contributed by atoms with Gasteiger partial charge in [-0.25, -0.2) is 0 Å². The minimum absolute atomic E-state index is 0.265. The van der Waals surface area contributed by atoms with E-state index >= 15 is 0 Å². The lowest BCUT2D eigenvalue weighted by Gasteiger charge is -2.60. The van der Waals surface area contributed by atoms with Gasteiger partial charge in [-0.2, -0.15) is 0 Å². The molecule has 0 saturated heterocycles. The van der Waals surface area contributed by atoms with E-state index in [4.69, 9.17) is 0 Å². The van der Waals surface area contributed by atoms with Crippen molar-refractivity contribution < 1.29 is 9.59 Å². The normalized spacial score (nSPS) is 52.5. The minimum atomic E-state index is 0.265. The third-order valence-corrected chi connectivity index (χ3v) is 8.97. The number of carbonyl (C=O) groups is 2. The SMILES string of the molecule is CC(=O)[C@H]1CCC2C3CCC4CC(=O)CC[C@]4(C)C3CC[C@@]21C. The second-order valence-electron chi connectivity index (χ2n) is 9.68. The van der Waals surface area contributed by atoms with Crippen molar-refractivity contribution in [3.63, 3.8) is 0 Å². The monoisotopic (exact) mass is 316 g/mol. The number of fused-ring (bicyclic) bond motifs is 5. The van der Waals surface area contributed by atoms with Crippen LogP contribution in [0.3, 0.4) is 0 Å². The molecule has 4 aliphatic carbocycles. The summed E-state index contributed by atoms with van der Waals surface area (Å²) < 4.78 is 0. The van der Waals surface area contributed by atoms with Gasteiger partial charge in [0.2, 0.25) is 0 Å². The molecule has 4 aliphatic rings. The zero-order chi connectivity index (χ0) is 16.4. The third kappa shape index (κ3) is 2.12. The van der Waals surface area contributed by atoms with E-state index in [0.29, 0.717) is 28.8 Å². The Morgan fingerprint density at radius 1 is 0.957 bits per heavy atom. The number of rotatable bonds is 1. The van der Waals surface area contributed by atoms with Crippen LogP contribution in [-0.4, -0.2) is 11.6 Å². The van der Waals surface area contributed by atoms with Gasteiger partial charge in [-0.15, -0.1) is 0 Å².